The summed E-state index contributed by atoms with van der Waals surface area (Å²) in [5.41, 5.74) is 0. The van der Waals surface area contributed by atoms with E-state index in [1.54, 1.807) is 4.90 Å². The summed E-state index contributed by atoms with van der Waals surface area (Å²) in [4.78, 5) is 12.9. The molecule has 0 saturated carbocycles. The average Bonchev–Trinajstić information content (AvgIpc) is 2.11. The van der Waals surface area contributed by atoms with Gasteiger partial charge in [0, 0.05) is 26.1 Å². The van der Waals surface area contributed by atoms with Crippen LogP contribution in [-0.4, -0.2) is 36.5 Å². The van der Waals surface area contributed by atoms with Gasteiger partial charge in [-0.2, -0.15) is 0 Å². The maximum Gasteiger partial charge on any atom is 0.222 e. The highest BCUT2D eigenvalue weighted by Crippen LogP contribution is 2.09. The lowest BCUT2D eigenvalue weighted by Crippen LogP contribution is -2.48. The van der Waals surface area contributed by atoms with Crippen LogP contribution in [0.4, 0.5) is 0 Å². The van der Waals surface area contributed by atoms with E-state index >= 15 is 0 Å². The van der Waals surface area contributed by atoms with Crippen LogP contribution in [0.25, 0.3) is 0 Å². The van der Waals surface area contributed by atoms with Crippen molar-refractivity contribution in [1.82, 2.24) is 10.2 Å². The number of rotatable bonds is 2. The van der Waals surface area contributed by atoms with Crippen LogP contribution in [-0.2, 0) is 4.79 Å². The van der Waals surface area contributed by atoms with Gasteiger partial charge in [-0.1, -0.05) is 5.92 Å². The number of hydrogen-bond acceptors (Lipinski definition) is 2. The molecule has 0 aromatic rings. The summed E-state index contributed by atoms with van der Waals surface area (Å²) in [5, 5.41) is 3.29. The van der Waals surface area contributed by atoms with E-state index in [-0.39, 0.29) is 11.9 Å². The van der Waals surface area contributed by atoms with Gasteiger partial charge in [-0.15, -0.1) is 6.42 Å². The molecule has 3 nitrogen and oxygen atoms in total. The first-order valence-corrected chi connectivity index (χ1v) is 4.59. The van der Waals surface area contributed by atoms with E-state index in [9.17, 15) is 4.79 Å². The molecule has 1 aliphatic rings. The Morgan fingerprint density at radius 1 is 1.77 bits per heavy atom. The number of hydrogen-bond donors (Lipinski definition) is 1. The van der Waals surface area contributed by atoms with Gasteiger partial charge >= 0.3 is 0 Å². The lowest BCUT2D eigenvalue weighted by molar-refractivity contribution is -0.132. The van der Waals surface area contributed by atoms with E-state index in [1.165, 1.54) is 0 Å². The Kier molecular flexibility index (Phi) is 3.32. The Morgan fingerprint density at radius 2 is 2.46 bits per heavy atom. The minimum Gasteiger partial charge on any atom is -0.344 e. The largest absolute Gasteiger partial charge is 0.344 e. The van der Waals surface area contributed by atoms with Gasteiger partial charge in [-0.3, -0.25) is 10.1 Å². The SMILES string of the molecule is C#CC(C)NC1CCC(=O)N(C)C1. The second kappa shape index (κ2) is 4.29. The van der Waals surface area contributed by atoms with Crippen LogP contribution in [0.15, 0.2) is 0 Å². The Balaban J connectivity index is 2.38. The minimum absolute atomic E-state index is 0.0894. The Labute approximate surface area is 79.5 Å². The van der Waals surface area contributed by atoms with Gasteiger partial charge < -0.3 is 4.90 Å². The Hall–Kier alpha value is -1.01. The number of nitrogens with one attached hydrogen (secondary N) is 1. The summed E-state index contributed by atoms with van der Waals surface area (Å²) in [6.45, 7) is 2.72. The van der Waals surface area contributed by atoms with Crippen molar-refractivity contribution in [2.75, 3.05) is 13.6 Å². The summed E-state index contributed by atoms with van der Waals surface area (Å²) in [6, 6.07) is 0.445. The van der Waals surface area contributed by atoms with Gasteiger partial charge in [0.05, 0.1) is 6.04 Å². The second-order valence-corrected chi connectivity index (χ2v) is 3.56. The van der Waals surface area contributed by atoms with Gasteiger partial charge in [0.15, 0.2) is 0 Å². The molecule has 1 heterocycles. The van der Waals surface area contributed by atoms with Gasteiger partial charge in [0.2, 0.25) is 5.91 Å². The van der Waals surface area contributed by atoms with E-state index in [2.05, 4.69) is 11.2 Å². The zero-order chi connectivity index (χ0) is 9.84. The monoisotopic (exact) mass is 180 g/mol. The maximum atomic E-state index is 11.2. The highest BCUT2D eigenvalue weighted by Gasteiger charge is 2.22. The van der Waals surface area contributed by atoms with Crippen molar-refractivity contribution >= 4 is 5.91 Å². The van der Waals surface area contributed by atoms with Crippen molar-refractivity contribution in [2.45, 2.75) is 31.8 Å². The molecule has 1 fully saturated rings. The van der Waals surface area contributed by atoms with E-state index in [1.807, 2.05) is 14.0 Å². The fourth-order valence-electron chi connectivity index (χ4n) is 1.55. The molecule has 0 aromatic carbocycles. The number of nitrogens with zero attached hydrogens (tertiary/aromatic N) is 1. The van der Waals surface area contributed by atoms with Crippen LogP contribution < -0.4 is 5.32 Å². The number of amides is 1. The molecular weight excluding hydrogens is 164 g/mol. The zero-order valence-corrected chi connectivity index (χ0v) is 8.21. The van der Waals surface area contributed by atoms with Crippen molar-refractivity contribution in [1.29, 1.82) is 0 Å². The predicted octanol–water partition coefficient (Wildman–Crippen LogP) is 0.218. The molecule has 1 amide bonds. The summed E-state index contributed by atoms with van der Waals surface area (Å²) in [6.07, 6.45) is 6.79. The van der Waals surface area contributed by atoms with Crippen LogP contribution >= 0.6 is 0 Å². The van der Waals surface area contributed by atoms with Crippen molar-refractivity contribution in [2.24, 2.45) is 0 Å². The first-order chi connectivity index (χ1) is 6.13. The summed E-state index contributed by atoms with van der Waals surface area (Å²) in [5.74, 6) is 2.85. The highest BCUT2D eigenvalue weighted by atomic mass is 16.2. The molecule has 1 rings (SSSR count). The molecule has 3 heteroatoms. The molecular formula is C10H16N2O. The normalized spacial score (nSPS) is 25.5. The van der Waals surface area contributed by atoms with Gasteiger partial charge in [0.25, 0.3) is 0 Å². The molecule has 0 radical (unpaired) electrons. The second-order valence-electron chi connectivity index (χ2n) is 3.56. The van der Waals surface area contributed by atoms with Crippen molar-refractivity contribution in [3.8, 4) is 12.3 Å². The van der Waals surface area contributed by atoms with Crippen molar-refractivity contribution in [3.63, 3.8) is 0 Å². The lowest BCUT2D eigenvalue weighted by Gasteiger charge is -2.31. The Morgan fingerprint density at radius 3 is 3.00 bits per heavy atom. The molecule has 1 N–H and O–H groups in total. The van der Waals surface area contributed by atoms with Crippen molar-refractivity contribution < 1.29 is 4.79 Å². The molecule has 2 atom stereocenters. The molecule has 1 saturated heterocycles. The quantitative estimate of drug-likeness (QED) is 0.616. The number of likely N-dealkylation sites (tertiary alicyclic amines) is 1. The maximum absolute atomic E-state index is 11.2. The molecule has 0 spiro atoms. The van der Waals surface area contributed by atoms with Crippen LogP contribution in [0.1, 0.15) is 19.8 Å². The van der Waals surface area contributed by atoms with Crippen LogP contribution in [0.3, 0.4) is 0 Å². The highest BCUT2D eigenvalue weighted by molar-refractivity contribution is 5.76. The number of carbonyl (C=O) groups is 1. The zero-order valence-electron chi connectivity index (χ0n) is 8.21. The molecule has 0 aliphatic carbocycles. The summed E-state index contributed by atoms with van der Waals surface area (Å²) < 4.78 is 0. The smallest absolute Gasteiger partial charge is 0.222 e. The molecule has 0 bridgehead atoms. The standard InChI is InChI=1S/C10H16N2O/c1-4-8(2)11-9-5-6-10(13)12(3)7-9/h1,8-9,11H,5-7H2,2-3H3. The van der Waals surface area contributed by atoms with E-state index in [4.69, 9.17) is 6.42 Å². The minimum atomic E-state index is 0.0894. The Bertz CT molecular complexity index is 232. The molecule has 1 aliphatic heterocycles. The van der Waals surface area contributed by atoms with Crippen LogP contribution in [0, 0.1) is 12.3 Å². The summed E-state index contributed by atoms with van der Waals surface area (Å²) >= 11 is 0. The topological polar surface area (TPSA) is 32.3 Å². The van der Waals surface area contributed by atoms with E-state index in [0.717, 1.165) is 13.0 Å². The van der Waals surface area contributed by atoms with Crippen LogP contribution in [0.5, 0.6) is 0 Å². The number of terminal acetylenes is 1. The van der Waals surface area contributed by atoms with E-state index in [0.29, 0.717) is 12.5 Å². The van der Waals surface area contributed by atoms with E-state index < -0.39 is 0 Å². The third-order valence-electron chi connectivity index (χ3n) is 2.36. The fourth-order valence-corrected chi connectivity index (χ4v) is 1.55. The van der Waals surface area contributed by atoms with Gasteiger partial charge in [-0.25, -0.2) is 0 Å². The van der Waals surface area contributed by atoms with Gasteiger partial charge in [0.1, 0.15) is 0 Å². The third-order valence-corrected chi connectivity index (χ3v) is 2.36. The third kappa shape index (κ3) is 2.74. The average molecular weight is 180 g/mol. The van der Waals surface area contributed by atoms with Crippen LogP contribution in [0.2, 0.25) is 0 Å². The first-order valence-electron chi connectivity index (χ1n) is 4.59. The molecule has 13 heavy (non-hydrogen) atoms. The molecule has 0 aromatic heterocycles. The lowest BCUT2D eigenvalue weighted by atomic mass is 10.1. The van der Waals surface area contributed by atoms with Gasteiger partial charge in [-0.05, 0) is 13.3 Å². The number of likely N-dealkylation sites (N-methyl/N-ethyl adjacent to an activating group) is 1. The fraction of sp³-hybridized carbons (Fsp3) is 0.700. The summed E-state index contributed by atoms with van der Waals surface area (Å²) in [7, 11) is 1.83. The van der Waals surface area contributed by atoms with Crippen molar-refractivity contribution in [3.05, 3.63) is 0 Å². The predicted molar refractivity (Wildman–Crippen MR) is 52.1 cm³/mol. The molecule has 2 unspecified atom stereocenters. The first kappa shape index (κ1) is 10.1. The molecule has 72 valence electrons. The number of carbonyl (C=O) groups excluding carboxylic acids is 1. The number of piperidine rings is 1.